The van der Waals surface area contributed by atoms with E-state index in [-0.39, 0.29) is 0 Å². The van der Waals surface area contributed by atoms with Crippen molar-refractivity contribution in [1.82, 2.24) is 0 Å². The summed E-state index contributed by atoms with van der Waals surface area (Å²) >= 11 is 0. The average molecular weight is 278 g/mol. The first-order valence-electron chi connectivity index (χ1n) is 8.27. The number of hydrogen-bond acceptors (Lipinski definition) is 0. The van der Waals surface area contributed by atoms with Crippen molar-refractivity contribution < 1.29 is 0 Å². The van der Waals surface area contributed by atoms with E-state index in [4.69, 9.17) is 0 Å². The maximum Gasteiger partial charge on any atom is -0.00912 e. The molecule has 0 aromatic heterocycles. The molecule has 0 bridgehead atoms. The second kappa shape index (κ2) is 5.67. The number of benzene rings is 1. The molecule has 0 saturated heterocycles. The Hall–Kier alpha value is -1.56. The van der Waals surface area contributed by atoms with Crippen LogP contribution in [-0.2, 0) is 6.42 Å². The lowest BCUT2D eigenvalue weighted by Gasteiger charge is -2.24. The van der Waals surface area contributed by atoms with Gasteiger partial charge >= 0.3 is 0 Å². The quantitative estimate of drug-likeness (QED) is 0.613. The fourth-order valence-corrected chi connectivity index (χ4v) is 3.64. The highest BCUT2D eigenvalue weighted by atomic mass is 14.3. The van der Waals surface area contributed by atoms with Gasteiger partial charge in [-0.3, -0.25) is 0 Å². The Kier molecular flexibility index (Phi) is 3.89. The zero-order valence-corrected chi connectivity index (χ0v) is 13.6. The third-order valence-corrected chi connectivity index (χ3v) is 4.59. The molecule has 0 spiro atoms. The van der Waals surface area contributed by atoms with Gasteiger partial charge in [0.05, 0.1) is 0 Å². The Morgan fingerprint density at radius 1 is 1.14 bits per heavy atom. The van der Waals surface area contributed by atoms with E-state index in [1.807, 2.05) is 0 Å². The van der Waals surface area contributed by atoms with Crippen molar-refractivity contribution in [2.75, 3.05) is 0 Å². The van der Waals surface area contributed by atoms with E-state index in [1.54, 1.807) is 5.57 Å². The minimum Gasteiger partial charge on any atom is -0.0810 e. The van der Waals surface area contributed by atoms with Crippen molar-refractivity contribution in [2.45, 2.75) is 52.9 Å². The third kappa shape index (κ3) is 3.05. The smallest absolute Gasteiger partial charge is 0.00912 e. The van der Waals surface area contributed by atoms with Crippen molar-refractivity contribution in [3.8, 4) is 0 Å². The van der Waals surface area contributed by atoms with Gasteiger partial charge < -0.3 is 0 Å². The van der Waals surface area contributed by atoms with Gasteiger partial charge in [0.15, 0.2) is 0 Å². The molecule has 0 unspecified atom stereocenters. The topological polar surface area (TPSA) is 0 Å². The SMILES string of the molecule is CCCC=C1C=C2CC(C)(C)Cc3ccccc3C2=CC1. The zero-order chi connectivity index (χ0) is 14.9. The molecule has 0 fully saturated rings. The molecule has 0 aliphatic heterocycles. The van der Waals surface area contributed by atoms with Crippen molar-refractivity contribution in [3.05, 3.63) is 64.8 Å². The lowest BCUT2D eigenvalue weighted by molar-refractivity contribution is 0.366. The van der Waals surface area contributed by atoms with E-state index in [9.17, 15) is 0 Å². The standard InChI is InChI=1S/C21H26/c1-4-5-8-16-11-12-20-18(13-16)15-21(2,3)14-17-9-6-7-10-19(17)20/h6-10,12-13H,4-5,11,14-15H2,1-3H3. The number of unbranched alkanes of at least 4 members (excludes halogenated alkanes) is 1. The molecule has 1 aromatic carbocycles. The predicted octanol–water partition coefficient (Wildman–Crippen LogP) is 6.10. The second-order valence-corrected chi connectivity index (χ2v) is 7.23. The molecule has 110 valence electrons. The van der Waals surface area contributed by atoms with E-state index < -0.39 is 0 Å². The first-order valence-corrected chi connectivity index (χ1v) is 8.27. The monoisotopic (exact) mass is 278 g/mol. The van der Waals surface area contributed by atoms with Gasteiger partial charge in [-0.05, 0) is 58.9 Å². The fourth-order valence-electron chi connectivity index (χ4n) is 3.64. The molecule has 0 N–H and O–H groups in total. The van der Waals surface area contributed by atoms with Gasteiger partial charge in [-0.2, -0.15) is 0 Å². The molecule has 0 heteroatoms. The predicted molar refractivity (Wildman–Crippen MR) is 92.2 cm³/mol. The molecule has 21 heavy (non-hydrogen) atoms. The van der Waals surface area contributed by atoms with Crippen LogP contribution >= 0.6 is 0 Å². The largest absolute Gasteiger partial charge is 0.0810 e. The van der Waals surface area contributed by atoms with E-state index in [2.05, 4.69) is 63.3 Å². The summed E-state index contributed by atoms with van der Waals surface area (Å²) in [5.41, 5.74) is 7.85. The molecular formula is C21H26. The summed E-state index contributed by atoms with van der Waals surface area (Å²) in [7, 11) is 0. The van der Waals surface area contributed by atoms with Gasteiger partial charge in [-0.15, -0.1) is 0 Å². The Balaban J connectivity index is 2.05. The minimum absolute atomic E-state index is 0.338. The van der Waals surface area contributed by atoms with Gasteiger partial charge in [0.1, 0.15) is 0 Å². The van der Waals surface area contributed by atoms with E-state index in [0.29, 0.717) is 5.41 Å². The molecule has 0 radical (unpaired) electrons. The molecule has 1 aromatic rings. The van der Waals surface area contributed by atoms with Crippen LogP contribution in [0.25, 0.3) is 5.57 Å². The van der Waals surface area contributed by atoms with Crippen LogP contribution in [0.1, 0.15) is 57.6 Å². The Morgan fingerprint density at radius 3 is 2.76 bits per heavy atom. The molecular weight excluding hydrogens is 252 g/mol. The summed E-state index contributed by atoms with van der Waals surface area (Å²) in [5, 5.41) is 0. The summed E-state index contributed by atoms with van der Waals surface area (Å²) < 4.78 is 0. The third-order valence-electron chi connectivity index (χ3n) is 4.59. The van der Waals surface area contributed by atoms with Crippen LogP contribution < -0.4 is 0 Å². The van der Waals surface area contributed by atoms with Crippen molar-refractivity contribution in [3.63, 3.8) is 0 Å². The summed E-state index contributed by atoms with van der Waals surface area (Å²) in [5.74, 6) is 0. The van der Waals surface area contributed by atoms with Crippen LogP contribution in [0.15, 0.2) is 53.6 Å². The molecule has 3 rings (SSSR count). The lowest BCUT2D eigenvalue weighted by Crippen LogP contribution is -2.14. The first-order chi connectivity index (χ1) is 10.1. The van der Waals surface area contributed by atoms with Crippen molar-refractivity contribution >= 4 is 5.57 Å². The number of allylic oxidation sites excluding steroid dienone is 6. The number of fused-ring (bicyclic) bond motifs is 3. The summed E-state index contributed by atoms with van der Waals surface area (Å²) in [6, 6.07) is 8.97. The van der Waals surface area contributed by atoms with Crippen LogP contribution in [0, 0.1) is 5.41 Å². The number of hydrogen-bond donors (Lipinski definition) is 0. The second-order valence-electron chi connectivity index (χ2n) is 7.23. The van der Waals surface area contributed by atoms with Crippen LogP contribution in [-0.4, -0.2) is 0 Å². The molecule has 0 amide bonds. The Bertz CT molecular complexity index is 623. The van der Waals surface area contributed by atoms with Gasteiger partial charge in [0.2, 0.25) is 0 Å². The van der Waals surface area contributed by atoms with Crippen molar-refractivity contribution in [1.29, 1.82) is 0 Å². The van der Waals surface area contributed by atoms with Gasteiger partial charge in [0, 0.05) is 0 Å². The van der Waals surface area contributed by atoms with E-state index in [1.165, 1.54) is 48.0 Å². The molecule has 0 nitrogen and oxygen atoms in total. The summed E-state index contributed by atoms with van der Waals surface area (Å²) in [6.45, 7) is 7.05. The summed E-state index contributed by atoms with van der Waals surface area (Å²) in [6.07, 6.45) is 13.2. The number of rotatable bonds is 2. The minimum atomic E-state index is 0.338. The molecule has 0 saturated carbocycles. The maximum absolute atomic E-state index is 2.47. The van der Waals surface area contributed by atoms with Gasteiger partial charge in [-0.25, -0.2) is 0 Å². The average Bonchev–Trinajstić information content (AvgIpc) is 2.56. The Morgan fingerprint density at radius 2 is 1.95 bits per heavy atom. The lowest BCUT2D eigenvalue weighted by atomic mass is 9.80. The van der Waals surface area contributed by atoms with Gasteiger partial charge in [-0.1, -0.05) is 69.7 Å². The van der Waals surface area contributed by atoms with E-state index >= 15 is 0 Å². The van der Waals surface area contributed by atoms with Crippen LogP contribution in [0.3, 0.4) is 0 Å². The van der Waals surface area contributed by atoms with Crippen LogP contribution in [0.2, 0.25) is 0 Å². The Labute approximate surface area is 129 Å². The molecule has 2 aliphatic carbocycles. The molecule has 2 aliphatic rings. The zero-order valence-electron chi connectivity index (χ0n) is 13.6. The summed E-state index contributed by atoms with van der Waals surface area (Å²) in [4.78, 5) is 0. The highest BCUT2D eigenvalue weighted by molar-refractivity contribution is 5.83. The maximum atomic E-state index is 2.47. The van der Waals surface area contributed by atoms with Crippen molar-refractivity contribution in [2.24, 2.45) is 5.41 Å². The highest BCUT2D eigenvalue weighted by Gasteiger charge is 2.29. The fraction of sp³-hybridized carbons (Fsp3) is 0.429. The van der Waals surface area contributed by atoms with E-state index in [0.717, 1.165) is 6.42 Å². The molecule has 0 atom stereocenters. The van der Waals surface area contributed by atoms with Crippen LogP contribution in [0.5, 0.6) is 0 Å². The van der Waals surface area contributed by atoms with Gasteiger partial charge in [0.25, 0.3) is 0 Å². The normalized spacial score (nSPS) is 22.0. The highest BCUT2D eigenvalue weighted by Crippen LogP contribution is 2.44. The first kappa shape index (κ1) is 14.4. The molecule has 0 heterocycles. The van der Waals surface area contributed by atoms with Crippen LogP contribution in [0.4, 0.5) is 0 Å².